The van der Waals surface area contributed by atoms with Crippen molar-refractivity contribution in [1.82, 2.24) is 20.5 Å². The van der Waals surface area contributed by atoms with E-state index in [0.29, 0.717) is 17.9 Å². The second-order valence-corrected chi connectivity index (χ2v) is 4.43. The van der Waals surface area contributed by atoms with E-state index in [9.17, 15) is 4.79 Å². The van der Waals surface area contributed by atoms with Crippen molar-refractivity contribution in [3.8, 4) is 0 Å². The van der Waals surface area contributed by atoms with Gasteiger partial charge < -0.3 is 10.2 Å². The maximum atomic E-state index is 12.1. The third kappa shape index (κ3) is 3.09. The maximum absolute atomic E-state index is 12.1. The van der Waals surface area contributed by atoms with Gasteiger partial charge in [0.05, 0.1) is 12.1 Å². The monoisotopic (exact) mass is 259 g/mol. The minimum absolute atomic E-state index is 0.133. The summed E-state index contributed by atoms with van der Waals surface area (Å²) in [5.74, 6) is 1.18. The summed E-state index contributed by atoms with van der Waals surface area (Å²) in [6.07, 6.45) is 0. The van der Waals surface area contributed by atoms with Crippen LogP contribution in [0.2, 0.25) is 0 Å². The first-order valence-corrected chi connectivity index (χ1v) is 6.00. The number of nitrogens with one attached hydrogen (secondary N) is 2. The summed E-state index contributed by atoms with van der Waals surface area (Å²) in [5, 5.41) is 9.53. The van der Waals surface area contributed by atoms with Crippen LogP contribution in [0.5, 0.6) is 0 Å². The fraction of sp³-hybridized carbons (Fsp3) is 0.308. The Balaban J connectivity index is 2.08. The van der Waals surface area contributed by atoms with Crippen molar-refractivity contribution in [1.29, 1.82) is 0 Å². The summed E-state index contributed by atoms with van der Waals surface area (Å²) < 4.78 is 0. The van der Waals surface area contributed by atoms with Gasteiger partial charge in [0.15, 0.2) is 5.82 Å². The Morgan fingerprint density at radius 1 is 1.37 bits per heavy atom. The zero-order chi connectivity index (χ0) is 13.8. The third-order valence-corrected chi connectivity index (χ3v) is 2.68. The molecule has 100 valence electrons. The summed E-state index contributed by atoms with van der Waals surface area (Å²) in [5.41, 5.74) is 1.52. The molecule has 1 aromatic carbocycles. The Morgan fingerprint density at radius 2 is 2.11 bits per heavy atom. The van der Waals surface area contributed by atoms with Crippen LogP contribution >= 0.6 is 0 Å². The number of carbonyl (C=O) groups excluding carboxylic acids is 1. The van der Waals surface area contributed by atoms with Gasteiger partial charge in [-0.1, -0.05) is 12.1 Å². The summed E-state index contributed by atoms with van der Waals surface area (Å²) in [7, 11) is 3.81. The zero-order valence-corrected chi connectivity index (χ0v) is 11.3. The summed E-state index contributed by atoms with van der Waals surface area (Å²) >= 11 is 0. The Hall–Kier alpha value is -2.37. The van der Waals surface area contributed by atoms with Gasteiger partial charge in [0.2, 0.25) is 0 Å². The van der Waals surface area contributed by atoms with Gasteiger partial charge >= 0.3 is 0 Å². The number of anilines is 1. The van der Waals surface area contributed by atoms with Crippen molar-refractivity contribution in [3.05, 3.63) is 41.5 Å². The van der Waals surface area contributed by atoms with E-state index in [1.165, 1.54) is 0 Å². The standard InChI is InChI=1S/C13H17N5O/c1-9-15-12(17-16-9)8-14-13(19)10-6-4-5-7-11(10)18(2)3/h4-7H,8H2,1-3H3,(H,14,19)(H,15,16,17). The summed E-state index contributed by atoms with van der Waals surface area (Å²) in [6, 6.07) is 7.46. The van der Waals surface area contributed by atoms with Crippen LogP contribution in [0, 0.1) is 6.92 Å². The number of hydrogen-bond acceptors (Lipinski definition) is 4. The molecule has 0 aliphatic heterocycles. The molecule has 0 radical (unpaired) electrons. The topological polar surface area (TPSA) is 73.9 Å². The van der Waals surface area contributed by atoms with Gasteiger partial charge in [-0.05, 0) is 19.1 Å². The Kier molecular flexibility index (Phi) is 3.79. The van der Waals surface area contributed by atoms with Gasteiger partial charge in [0, 0.05) is 19.8 Å². The SMILES string of the molecule is Cc1nc(CNC(=O)c2ccccc2N(C)C)n[nH]1. The average Bonchev–Trinajstić information content (AvgIpc) is 2.81. The predicted octanol–water partition coefficient (Wildman–Crippen LogP) is 1.11. The van der Waals surface area contributed by atoms with Crippen molar-refractivity contribution < 1.29 is 4.79 Å². The zero-order valence-electron chi connectivity index (χ0n) is 11.3. The molecular weight excluding hydrogens is 242 g/mol. The smallest absolute Gasteiger partial charge is 0.253 e. The van der Waals surface area contributed by atoms with Crippen LogP contribution in [-0.2, 0) is 6.54 Å². The molecule has 0 fully saturated rings. The molecule has 0 aliphatic rings. The van der Waals surface area contributed by atoms with Gasteiger partial charge in [-0.15, -0.1) is 0 Å². The average molecular weight is 259 g/mol. The quantitative estimate of drug-likeness (QED) is 0.862. The Morgan fingerprint density at radius 3 is 2.74 bits per heavy atom. The fourth-order valence-corrected chi connectivity index (χ4v) is 1.78. The highest BCUT2D eigenvalue weighted by Gasteiger charge is 2.12. The minimum Gasteiger partial charge on any atom is -0.377 e. The van der Waals surface area contributed by atoms with Crippen molar-refractivity contribution in [2.45, 2.75) is 13.5 Å². The number of aryl methyl sites for hydroxylation is 1. The predicted molar refractivity (Wildman–Crippen MR) is 73.1 cm³/mol. The molecule has 0 saturated carbocycles. The highest BCUT2D eigenvalue weighted by Crippen LogP contribution is 2.17. The number of carbonyl (C=O) groups is 1. The maximum Gasteiger partial charge on any atom is 0.253 e. The van der Waals surface area contributed by atoms with Crippen LogP contribution < -0.4 is 10.2 Å². The third-order valence-electron chi connectivity index (χ3n) is 2.68. The highest BCUT2D eigenvalue weighted by atomic mass is 16.1. The Labute approximate surface area is 111 Å². The molecule has 0 unspecified atom stereocenters. The first-order chi connectivity index (χ1) is 9.08. The van der Waals surface area contributed by atoms with E-state index in [4.69, 9.17) is 0 Å². The van der Waals surface area contributed by atoms with E-state index in [0.717, 1.165) is 11.5 Å². The first kappa shape index (κ1) is 13.1. The van der Waals surface area contributed by atoms with Crippen molar-refractivity contribution in [2.24, 2.45) is 0 Å². The summed E-state index contributed by atoms with van der Waals surface area (Å²) in [4.78, 5) is 18.2. The fourth-order valence-electron chi connectivity index (χ4n) is 1.78. The molecule has 0 aliphatic carbocycles. The van der Waals surface area contributed by atoms with Gasteiger partial charge in [-0.25, -0.2) is 4.98 Å². The second-order valence-electron chi connectivity index (χ2n) is 4.43. The lowest BCUT2D eigenvalue weighted by atomic mass is 10.1. The molecule has 1 amide bonds. The van der Waals surface area contributed by atoms with Crippen LogP contribution in [-0.4, -0.2) is 35.2 Å². The van der Waals surface area contributed by atoms with E-state index in [1.54, 1.807) is 6.07 Å². The number of aromatic nitrogens is 3. The molecule has 6 heteroatoms. The molecule has 1 aromatic heterocycles. The van der Waals surface area contributed by atoms with E-state index < -0.39 is 0 Å². The number of nitrogens with zero attached hydrogens (tertiary/aromatic N) is 3. The van der Waals surface area contributed by atoms with Crippen LogP contribution in [0.3, 0.4) is 0 Å². The second kappa shape index (κ2) is 5.51. The largest absolute Gasteiger partial charge is 0.377 e. The number of amides is 1. The van der Waals surface area contributed by atoms with E-state index in [2.05, 4.69) is 20.5 Å². The highest BCUT2D eigenvalue weighted by molar-refractivity contribution is 5.99. The van der Waals surface area contributed by atoms with Gasteiger partial charge in [-0.2, -0.15) is 5.10 Å². The Bertz CT molecular complexity index is 576. The van der Waals surface area contributed by atoms with Crippen molar-refractivity contribution in [3.63, 3.8) is 0 Å². The number of hydrogen-bond donors (Lipinski definition) is 2. The number of aromatic amines is 1. The van der Waals surface area contributed by atoms with Crippen LogP contribution in [0.4, 0.5) is 5.69 Å². The molecule has 2 rings (SSSR count). The molecule has 0 saturated heterocycles. The lowest BCUT2D eigenvalue weighted by Crippen LogP contribution is -2.25. The lowest BCUT2D eigenvalue weighted by molar-refractivity contribution is 0.0950. The van der Waals surface area contributed by atoms with Crippen LogP contribution in [0.15, 0.2) is 24.3 Å². The summed E-state index contributed by atoms with van der Waals surface area (Å²) in [6.45, 7) is 2.13. The van der Waals surface area contributed by atoms with Gasteiger partial charge in [0.25, 0.3) is 5.91 Å². The molecule has 6 nitrogen and oxygen atoms in total. The van der Waals surface area contributed by atoms with Crippen molar-refractivity contribution in [2.75, 3.05) is 19.0 Å². The first-order valence-electron chi connectivity index (χ1n) is 6.00. The molecule has 2 N–H and O–H groups in total. The van der Waals surface area contributed by atoms with E-state index in [-0.39, 0.29) is 5.91 Å². The van der Waals surface area contributed by atoms with E-state index in [1.807, 2.05) is 44.1 Å². The normalized spacial score (nSPS) is 10.3. The van der Waals surface area contributed by atoms with Gasteiger partial charge in [0.1, 0.15) is 5.82 Å². The lowest BCUT2D eigenvalue weighted by Gasteiger charge is -2.16. The molecule has 0 spiro atoms. The van der Waals surface area contributed by atoms with Gasteiger partial charge in [-0.3, -0.25) is 9.89 Å². The molecular formula is C13H17N5O. The van der Waals surface area contributed by atoms with Crippen molar-refractivity contribution >= 4 is 11.6 Å². The molecule has 2 aromatic rings. The molecule has 0 bridgehead atoms. The number of rotatable bonds is 4. The molecule has 19 heavy (non-hydrogen) atoms. The number of H-pyrrole nitrogens is 1. The van der Waals surface area contributed by atoms with Crippen LogP contribution in [0.1, 0.15) is 22.0 Å². The van der Waals surface area contributed by atoms with Crippen LogP contribution in [0.25, 0.3) is 0 Å². The number of benzene rings is 1. The number of para-hydroxylation sites is 1. The molecule has 0 atom stereocenters. The van der Waals surface area contributed by atoms with E-state index >= 15 is 0 Å². The minimum atomic E-state index is -0.133. The molecule has 1 heterocycles.